The summed E-state index contributed by atoms with van der Waals surface area (Å²) >= 11 is 0. The SMILES string of the molecule is O=C1CCCCC(=O)N2CCCC2C(=O)OCCCCOC(=O)CCCCN1. The van der Waals surface area contributed by atoms with Gasteiger partial charge in [0.25, 0.3) is 0 Å². The fraction of sp³-hybridized carbons (Fsp3) is 0.800. The highest BCUT2D eigenvalue weighted by atomic mass is 16.5. The quantitative estimate of drug-likeness (QED) is 0.626. The van der Waals surface area contributed by atoms with Gasteiger partial charge in [-0.05, 0) is 51.4 Å². The number of esters is 2. The molecule has 0 saturated carbocycles. The average Bonchev–Trinajstić information content (AvgIpc) is 3.16. The Kier molecular flexibility index (Phi) is 9.79. The van der Waals surface area contributed by atoms with Crippen LogP contribution < -0.4 is 5.32 Å². The minimum absolute atomic E-state index is 0.0384. The first-order valence-corrected chi connectivity index (χ1v) is 10.5. The van der Waals surface area contributed by atoms with Crippen molar-refractivity contribution in [2.45, 2.75) is 76.7 Å². The predicted molar refractivity (Wildman–Crippen MR) is 101 cm³/mol. The highest BCUT2D eigenvalue weighted by Crippen LogP contribution is 2.20. The van der Waals surface area contributed by atoms with Gasteiger partial charge < -0.3 is 19.7 Å². The largest absolute Gasteiger partial charge is 0.466 e. The third-order valence-electron chi connectivity index (χ3n) is 5.07. The van der Waals surface area contributed by atoms with E-state index in [2.05, 4.69) is 5.32 Å². The molecule has 2 amide bonds. The van der Waals surface area contributed by atoms with Crippen LogP contribution in [0.3, 0.4) is 0 Å². The Morgan fingerprint density at radius 2 is 1.50 bits per heavy atom. The molecule has 8 nitrogen and oxygen atoms in total. The number of hydrogen-bond donors (Lipinski definition) is 1. The molecule has 2 aliphatic rings. The maximum atomic E-state index is 12.4. The van der Waals surface area contributed by atoms with E-state index in [1.54, 1.807) is 4.90 Å². The van der Waals surface area contributed by atoms with Crippen LogP contribution in [0, 0.1) is 0 Å². The van der Waals surface area contributed by atoms with Crippen molar-refractivity contribution in [2.75, 3.05) is 26.3 Å². The predicted octanol–water partition coefficient (Wildman–Crippen LogP) is 1.70. The summed E-state index contributed by atoms with van der Waals surface area (Å²) < 4.78 is 10.5. The lowest BCUT2D eigenvalue weighted by Crippen LogP contribution is -2.41. The average molecular weight is 396 g/mol. The normalized spacial score (nSPS) is 25.1. The molecule has 2 saturated heterocycles. The van der Waals surface area contributed by atoms with E-state index in [4.69, 9.17) is 9.47 Å². The highest BCUT2D eigenvalue weighted by molar-refractivity contribution is 5.85. The van der Waals surface area contributed by atoms with E-state index in [-0.39, 0.29) is 30.4 Å². The molecule has 28 heavy (non-hydrogen) atoms. The Balaban J connectivity index is 1.84. The van der Waals surface area contributed by atoms with Gasteiger partial charge in [-0.15, -0.1) is 0 Å². The first kappa shape index (κ1) is 22.2. The topological polar surface area (TPSA) is 102 Å². The summed E-state index contributed by atoms with van der Waals surface area (Å²) in [4.78, 5) is 49.8. The summed E-state index contributed by atoms with van der Waals surface area (Å²) in [5.74, 6) is -0.677. The van der Waals surface area contributed by atoms with E-state index in [0.29, 0.717) is 77.5 Å². The first-order valence-electron chi connectivity index (χ1n) is 10.5. The zero-order valence-corrected chi connectivity index (χ0v) is 16.6. The van der Waals surface area contributed by atoms with Gasteiger partial charge in [-0.3, -0.25) is 14.4 Å². The number of fused-ring (bicyclic) bond motifs is 1. The summed E-state index contributed by atoms with van der Waals surface area (Å²) in [5.41, 5.74) is 0. The number of rotatable bonds is 0. The van der Waals surface area contributed by atoms with Gasteiger partial charge >= 0.3 is 11.9 Å². The molecule has 0 bridgehead atoms. The lowest BCUT2D eigenvalue weighted by Gasteiger charge is -2.23. The molecule has 1 atom stereocenters. The van der Waals surface area contributed by atoms with Crippen molar-refractivity contribution in [2.24, 2.45) is 0 Å². The van der Waals surface area contributed by atoms with Crippen molar-refractivity contribution in [3.8, 4) is 0 Å². The number of hydrogen-bond acceptors (Lipinski definition) is 6. The van der Waals surface area contributed by atoms with E-state index in [9.17, 15) is 19.2 Å². The Hall–Kier alpha value is -2.12. The summed E-state index contributed by atoms with van der Waals surface area (Å²) in [6, 6.07) is -0.497. The van der Waals surface area contributed by atoms with Crippen molar-refractivity contribution in [1.29, 1.82) is 0 Å². The van der Waals surface area contributed by atoms with Gasteiger partial charge in [0.05, 0.1) is 13.2 Å². The summed E-state index contributed by atoms with van der Waals surface area (Å²) in [7, 11) is 0. The minimum Gasteiger partial charge on any atom is -0.466 e. The molecule has 0 spiro atoms. The third-order valence-corrected chi connectivity index (χ3v) is 5.07. The number of ether oxygens (including phenoxy) is 2. The van der Waals surface area contributed by atoms with Gasteiger partial charge in [-0.1, -0.05) is 0 Å². The van der Waals surface area contributed by atoms with Gasteiger partial charge in [0.15, 0.2) is 0 Å². The molecule has 2 rings (SSSR count). The van der Waals surface area contributed by atoms with Crippen LogP contribution in [-0.4, -0.2) is 61.0 Å². The van der Waals surface area contributed by atoms with Gasteiger partial charge in [-0.25, -0.2) is 4.79 Å². The molecule has 0 aliphatic carbocycles. The molecule has 0 radical (unpaired) electrons. The molecule has 2 fully saturated rings. The molecule has 1 N–H and O–H groups in total. The van der Waals surface area contributed by atoms with Crippen LogP contribution in [0.5, 0.6) is 0 Å². The van der Waals surface area contributed by atoms with Crippen LogP contribution in [0.4, 0.5) is 0 Å². The van der Waals surface area contributed by atoms with E-state index in [1.165, 1.54) is 0 Å². The van der Waals surface area contributed by atoms with E-state index < -0.39 is 6.04 Å². The van der Waals surface area contributed by atoms with Crippen molar-refractivity contribution in [1.82, 2.24) is 10.2 Å². The summed E-state index contributed by atoms with van der Waals surface area (Å²) in [5, 5.41) is 2.83. The van der Waals surface area contributed by atoms with E-state index in [1.807, 2.05) is 0 Å². The Bertz CT molecular complexity index is 551. The van der Waals surface area contributed by atoms with Crippen molar-refractivity contribution < 1.29 is 28.7 Å². The molecule has 2 aliphatic heterocycles. The number of carbonyl (C=O) groups is 4. The number of nitrogens with one attached hydrogen (secondary N) is 1. The molecule has 2 heterocycles. The summed E-state index contributed by atoms with van der Waals surface area (Å²) in [6.07, 6.45) is 6.38. The molecule has 158 valence electrons. The second-order valence-electron chi connectivity index (χ2n) is 7.35. The van der Waals surface area contributed by atoms with Crippen LogP contribution >= 0.6 is 0 Å². The lowest BCUT2D eigenvalue weighted by molar-refractivity contribution is -0.153. The Morgan fingerprint density at radius 1 is 0.786 bits per heavy atom. The molecular weight excluding hydrogens is 364 g/mol. The second kappa shape index (κ2) is 12.4. The number of nitrogens with zero attached hydrogens (tertiary/aromatic N) is 1. The first-order chi connectivity index (χ1) is 13.6. The summed E-state index contributed by atoms with van der Waals surface area (Å²) in [6.45, 7) is 1.69. The van der Waals surface area contributed by atoms with Crippen molar-refractivity contribution >= 4 is 23.8 Å². The van der Waals surface area contributed by atoms with Crippen LogP contribution in [-0.2, 0) is 28.7 Å². The van der Waals surface area contributed by atoms with Gasteiger partial charge in [-0.2, -0.15) is 0 Å². The molecule has 8 heteroatoms. The van der Waals surface area contributed by atoms with Crippen molar-refractivity contribution in [3.63, 3.8) is 0 Å². The van der Waals surface area contributed by atoms with Gasteiger partial charge in [0.1, 0.15) is 6.04 Å². The number of carbonyl (C=O) groups excluding carboxylic acids is 4. The second-order valence-corrected chi connectivity index (χ2v) is 7.35. The molecule has 0 aromatic rings. The maximum Gasteiger partial charge on any atom is 0.328 e. The van der Waals surface area contributed by atoms with Gasteiger partial charge in [0, 0.05) is 32.4 Å². The zero-order valence-electron chi connectivity index (χ0n) is 16.6. The fourth-order valence-corrected chi connectivity index (χ4v) is 3.46. The van der Waals surface area contributed by atoms with Crippen LogP contribution in [0.25, 0.3) is 0 Å². The molecular formula is C20H32N2O6. The monoisotopic (exact) mass is 396 g/mol. The van der Waals surface area contributed by atoms with E-state index in [0.717, 1.165) is 12.8 Å². The van der Waals surface area contributed by atoms with E-state index >= 15 is 0 Å². The van der Waals surface area contributed by atoms with Crippen LogP contribution in [0.15, 0.2) is 0 Å². The Labute approximate surface area is 166 Å². The van der Waals surface area contributed by atoms with Crippen LogP contribution in [0.2, 0.25) is 0 Å². The standard InChI is InChI=1S/C20H32N2O6/c23-17-9-1-2-10-18(24)22-13-7-8-16(22)20(26)28-15-6-5-14-27-19(25)11-3-4-12-21-17/h16H,1-15H2,(H,21,23). The van der Waals surface area contributed by atoms with Crippen molar-refractivity contribution in [3.05, 3.63) is 0 Å². The lowest BCUT2D eigenvalue weighted by atomic mass is 10.1. The Morgan fingerprint density at radius 3 is 2.32 bits per heavy atom. The van der Waals surface area contributed by atoms with Crippen LogP contribution in [0.1, 0.15) is 70.6 Å². The maximum absolute atomic E-state index is 12.4. The van der Waals surface area contributed by atoms with Gasteiger partial charge in [0.2, 0.25) is 11.8 Å². The fourth-order valence-electron chi connectivity index (χ4n) is 3.46. The molecule has 1 unspecified atom stereocenters. The zero-order chi connectivity index (χ0) is 20.2. The minimum atomic E-state index is -0.497. The molecule has 0 aromatic heterocycles. The highest BCUT2D eigenvalue weighted by Gasteiger charge is 2.34. The molecule has 0 aromatic carbocycles. The third kappa shape index (κ3) is 7.86. The number of cyclic esters (lactones) is 2. The number of amides is 2. The smallest absolute Gasteiger partial charge is 0.328 e.